The summed E-state index contributed by atoms with van der Waals surface area (Å²) in [6.45, 7) is 0. The molecule has 2 aromatic rings. The van der Waals surface area contributed by atoms with Gasteiger partial charge < -0.3 is 10.1 Å². The summed E-state index contributed by atoms with van der Waals surface area (Å²) in [6, 6.07) is 7.14. The average molecular weight is 344 g/mol. The van der Waals surface area contributed by atoms with Gasteiger partial charge in [-0.1, -0.05) is 0 Å². The number of hydrogen-bond acceptors (Lipinski definition) is 4. The van der Waals surface area contributed by atoms with E-state index in [0.717, 1.165) is 9.37 Å². The van der Waals surface area contributed by atoms with Gasteiger partial charge in [0.25, 0.3) is 5.91 Å². The van der Waals surface area contributed by atoms with Crippen molar-refractivity contribution in [2.24, 2.45) is 0 Å². The SMILES string of the molecule is COc1ccc(Br)c(NC(=O)c2cc(S)cs2)c1. The van der Waals surface area contributed by atoms with E-state index in [9.17, 15) is 4.79 Å². The number of thiophene rings is 1. The molecular weight excluding hydrogens is 334 g/mol. The van der Waals surface area contributed by atoms with Crippen molar-refractivity contribution >= 4 is 51.5 Å². The molecule has 0 spiro atoms. The summed E-state index contributed by atoms with van der Waals surface area (Å²) in [7, 11) is 1.58. The summed E-state index contributed by atoms with van der Waals surface area (Å²) in [5.41, 5.74) is 0.675. The lowest BCUT2D eigenvalue weighted by Crippen LogP contribution is -2.10. The monoisotopic (exact) mass is 343 g/mol. The predicted octanol–water partition coefficient (Wildman–Crippen LogP) is 4.06. The van der Waals surface area contributed by atoms with Crippen LogP contribution in [0.3, 0.4) is 0 Å². The predicted molar refractivity (Wildman–Crippen MR) is 80.2 cm³/mol. The van der Waals surface area contributed by atoms with E-state index < -0.39 is 0 Å². The second-order valence-corrected chi connectivity index (χ2v) is 5.75. The highest BCUT2D eigenvalue weighted by Gasteiger charge is 2.11. The molecule has 2 rings (SSSR count). The fourth-order valence-electron chi connectivity index (χ4n) is 1.36. The molecule has 6 heteroatoms. The Morgan fingerprint density at radius 3 is 2.83 bits per heavy atom. The molecule has 1 aromatic heterocycles. The summed E-state index contributed by atoms with van der Waals surface area (Å²) >= 11 is 8.92. The van der Waals surface area contributed by atoms with Crippen LogP contribution < -0.4 is 10.1 Å². The topological polar surface area (TPSA) is 38.3 Å². The van der Waals surface area contributed by atoms with Crippen molar-refractivity contribution in [1.29, 1.82) is 0 Å². The van der Waals surface area contributed by atoms with Crippen molar-refractivity contribution in [2.45, 2.75) is 4.90 Å². The Bertz CT molecular complexity index is 583. The Labute approximate surface area is 123 Å². The van der Waals surface area contributed by atoms with E-state index in [0.29, 0.717) is 16.3 Å². The molecule has 0 radical (unpaired) electrons. The molecule has 0 fully saturated rings. The Kier molecular flexibility index (Phi) is 4.31. The van der Waals surface area contributed by atoms with Gasteiger partial charge in [0.2, 0.25) is 0 Å². The van der Waals surface area contributed by atoms with Gasteiger partial charge >= 0.3 is 0 Å². The third kappa shape index (κ3) is 3.07. The number of halogens is 1. The molecule has 0 aliphatic rings. The molecule has 18 heavy (non-hydrogen) atoms. The minimum absolute atomic E-state index is 0.158. The standard InChI is InChI=1S/C12H10BrNO2S2/c1-16-7-2-3-9(13)10(4-7)14-12(15)11-5-8(17)6-18-11/h2-6,17H,1H3,(H,14,15). The molecule has 0 bridgehead atoms. The number of ether oxygens (including phenoxy) is 1. The first-order chi connectivity index (χ1) is 8.60. The van der Waals surface area contributed by atoms with E-state index in [1.165, 1.54) is 11.3 Å². The zero-order chi connectivity index (χ0) is 13.1. The number of carbonyl (C=O) groups is 1. The van der Waals surface area contributed by atoms with Gasteiger partial charge in [-0.25, -0.2) is 0 Å². The van der Waals surface area contributed by atoms with Crippen LogP contribution in [0.4, 0.5) is 5.69 Å². The van der Waals surface area contributed by atoms with Crippen LogP contribution in [0.15, 0.2) is 39.0 Å². The van der Waals surface area contributed by atoms with E-state index in [2.05, 4.69) is 33.9 Å². The van der Waals surface area contributed by atoms with Crippen LogP contribution in [-0.4, -0.2) is 13.0 Å². The maximum Gasteiger partial charge on any atom is 0.265 e. The zero-order valence-electron chi connectivity index (χ0n) is 9.44. The molecule has 1 N–H and O–H groups in total. The van der Waals surface area contributed by atoms with E-state index >= 15 is 0 Å². The summed E-state index contributed by atoms with van der Waals surface area (Å²) in [4.78, 5) is 13.4. The lowest BCUT2D eigenvalue weighted by molar-refractivity contribution is 0.103. The number of amides is 1. The van der Waals surface area contributed by atoms with Crippen molar-refractivity contribution in [3.8, 4) is 5.75 Å². The van der Waals surface area contributed by atoms with E-state index in [1.54, 1.807) is 19.2 Å². The highest BCUT2D eigenvalue weighted by atomic mass is 79.9. The lowest BCUT2D eigenvalue weighted by Gasteiger charge is -2.08. The first-order valence-corrected chi connectivity index (χ1v) is 7.14. The minimum atomic E-state index is -0.158. The van der Waals surface area contributed by atoms with Gasteiger partial charge in [0.05, 0.1) is 17.7 Å². The molecule has 1 aromatic carbocycles. The maximum absolute atomic E-state index is 12.0. The van der Waals surface area contributed by atoms with Crippen LogP contribution >= 0.6 is 39.9 Å². The molecule has 0 unspecified atom stereocenters. The quantitative estimate of drug-likeness (QED) is 0.824. The normalized spacial score (nSPS) is 10.2. The minimum Gasteiger partial charge on any atom is -0.497 e. The third-order valence-electron chi connectivity index (χ3n) is 2.23. The van der Waals surface area contributed by atoms with Crippen LogP contribution in [0.1, 0.15) is 9.67 Å². The van der Waals surface area contributed by atoms with Gasteiger partial charge in [-0.3, -0.25) is 4.79 Å². The number of thiol groups is 1. The van der Waals surface area contributed by atoms with E-state index in [1.807, 2.05) is 17.5 Å². The first-order valence-electron chi connectivity index (χ1n) is 5.02. The van der Waals surface area contributed by atoms with Gasteiger partial charge in [-0.2, -0.15) is 0 Å². The first kappa shape index (κ1) is 13.5. The summed E-state index contributed by atoms with van der Waals surface area (Å²) < 4.78 is 5.92. The number of nitrogens with one attached hydrogen (secondary N) is 1. The van der Waals surface area contributed by atoms with Gasteiger partial charge in [0, 0.05) is 20.8 Å². The van der Waals surface area contributed by atoms with Crippen molar-refractivity contribution in [3.05, 3.63) is 39.0 Å². The number of anilines is 1. The van der Waals surface area contributed by atoms with Crippen molar-refractivity contribution < 1.29 is 9.53 Å². The Hall–Kier alpha value is -0.980. The fourth-order valence-corrected chi connectivity index (χ4v) is 2.75. The highest BCUT2D eigenvalue weighted by Crippen LogP contribution is 2.28. The Balaban J connectivity index is 2.21. The lowest BCUT2D eigenvalue weighted by atomic mass is 10.3. The van der Waals surface area contributed by atoms with E-state index in [4.69, 9.17) is 4.74 Å². The molecule has 1 amide bonds. The summed E-state index contributed by atoms with van der Waals surface area (Å²) in [6.07, 6.45) is 0. The van der Waals surface area contributed by atoms with Gasteiger partial charge in [-0.15, -0.1) is 24.0 Å². The number of methoxy groups -OCH3 is 1. The smallest absolute Gasteiger partial charge is 0.265 e. The maximum atomic E-state index is 12.0. The zero-order valence-corrected chi connectivity index (χ0v) is 12.7. The third-order valence-corrected chi connectivity index (χ3v) is 4.28. The van der Waals surface area contributed by atoms with Crippen LogP contribution in [-0.2, 0) is 0 Å². The fraction of sp³-hybridized carbons (Fsp3) is 0.0833. The van der Waals surface area contributed by atoms with Crippen LogP contribution in [0.5, 0.6) is 5.75 Å². The van der Waals surface area contributed by atoms with Crippen molar-refractivity contribution in [3.63, 3.8) is 0 Å². The molecule has 3 nitrogen and oxygen atoms in total. The second-order valence-electron chi connectivity index (χ2n) is 3.47. The molecule has 1 heterocycles. The van der Waals surface area contributed by atoms with Gasteiger partial charge in [-0.05, 0) is 34.1 Å². The Morgan fingerprint density at radius 1 is 1.44 bits per heavy atom. The van der Waals surface area contributed by atoms with Gasteiger partial charge in [0.15, 0.2) is 0 Å². The highest BCUT2D eigenvalue weighted by molar-refractivity contribution is 9.10. The second kappa shape index (κ2) is 5.77. The van der Waals surface area contributed by atoms with Crippen LogP contribution in [0, 0.1) is 0 Å². The van der Waals surface area contributed by atoms with Crippen molar-refractivity contribution in [1.82, 2.24) is 0 Å². The number of carbonyl (C=O) groups excluding carboxylic acids is 1. The largest absolute Gasteiger partial charge is 0.497 e. The molecule has 0 saturated carbocycles. The van der Waals surface area contributed by atoms with Crippen molar-refractivity contribution in [2.75, 3.05) is 12.4 Å². The Morgan fingerprint density at radius 2 is 2.22 bits per heavy atom. The van der Waals surface area contributed by atoms with Crippen LogP contribution in [0.2, 0.25) is 0 Å². The number of hydrogen-bond donors (Lipinski definition) is 2. The summed E-state index contributed by atoms with van der Waals surface area (Å²) in [5.74, 6) is 0.531. The molecule has 0 aliphatic carbocycles. The number of rotatable bonds is 3. The summed E-state index contributed by atoms with van der Waals surface area (Å²) in [5, 5.41) is 4.64. The molecule has 0 saturated heterocycles. The number of benzene rings is 1. The van der Waals surface area contributed by atoms with Crippen LogP contribution in [0.25, 0.3) is 0 Å². The molecular formula is C12H10BrNO2S2. The van der Waals surface area contributed by atoms with E-state index in [-0.39, 0.29) is 5.91 Å². The molecule has 94 valence electrons. The van der Waals surface area contributed by atoms with Gasteiger partial charge in [0.1, 0.15) is 5.75 Å². The molecule has 0 aliphatic heterocycles. The molecule has 0 atom stereocenters. The average Bonchev–Trinajstić information content (AvgIpc) is 2.79.